The zero-order chi connectivity index (χ0) is 15.0. The van der Waals surface area contributed by atoms with E-state index in [4.69, 9.17) is 11.6 Å². The predicted octanol–water partition coefficient (Wildman–Crippen LogP) is 3.82. The summed E-state index contributed by atoms with van der Waals surface area (Å²) < 4.78 is 0. The first kappa shape index (κ1) is 16.8. The Kier molecular flexibility index (Phi) is 7.37. The number of hydrogen-bond donors (Lipinski definition) is 1. The number of anilines is 1. The Hall–Kier alpha value is -1.29. The second-order valence-corrected chi connectivity index (χ2v) is 5.18. The second kappa shape index (κ2) is 8.80. The quantitative estimate of drug-likeness (QED) is 0.793. The van der Waals surface area contributed by atoms with Crippen LogP contribution < -0.4 is 5.32 Å². The van der Waals surface area contributed by atoms with Crippen LogP contribution >= 0.6 is 11.6 Å². The first-order valence-electron chi connectivity index (χ1n) is 7.27. The number of amides is 1. The molecule has 1 aromatic rings. The number of carbonyl (C=O) groups excluding carboxylic acids is 1. The van der Waals surface area contributed by atoms with Gasteiger partial charge in [-0.1, -0.05) is 38.3 Å². The van der Waals surface area contributed by atoms with Gasteiger partial charge in [0, 0.05) is 20.1 Å². The van der Waals surface area contributed by atoms with Crippen molar-refractivity contribution in [3.63, 3.8) is 0 Å². The molecule has 0 spiro atoms. The summed E-state index contributed by atoms with van der Waals surface area (Å²) in [4.78, 5) is 18.8. The highest BCUT2D eigenvalue weighted by molar-refractivity contribution is 6.33. The van der Waals surface area contributed by atoms with E-state index >= 15 is 0 Å². The molecule has 0 fully saturated rings. The van der Waals surface area contributed by atoms with Crippen LogP contribution in [-0.4, -0.2) is 35.9 Å². The number of nitrogens with zero attached hydrogens (tertiary/aromatic N) is 2. The maximum atomic E-state index is 12.6. The highest BCUT2D eigenvalue weighted by Crippen LogP contribution is 2.19. The molecule has 112 valence electrons. The average molecular weight is 298 g/mol. The lowest BCUT2D eigenvalue weighted by Gasteiger charge is -2.22. The molecule has 0 radical (unpaired) electrons. The number of carbonyl (C=O) groups is 1. The summed E-state index contributed by atoms with van der Waals surface area (Å²) in [5.41, 5.74) is 0.339. The van der Waals surface area contributed by atoms with Crippen molar-refractivity contribution in [3.05, 3.63) is 22.8 Å². The van der Waals surface area contributed by atoms with Gasteiger partial charge in [0.15, 0.2) is 0 Å². The van der Waals surface area contributed by atoms with Crippen LogP contribution in [0.2, 0.25) is 5.02 Å². The molecule has 1 rings (SSSR count). The van der Waals surface area contributed by atoms with E-state index in [2.05, 4.69) is 24.1 Å². The van der Waals surface area contributed by atoms with Gasteiger partial charge in [-0.15, -0.1) is 0 Å². The molecule has 0 aliphatic heterocycles. The van der Waals surface area contributed by atoms with E-state index in [0.717, 1.165) is 38.8 Å². The van der Waals surface area contributed by atoms with Crippen molar-refractivity contribution in [2.45, 2.75) is 39.5 Å². The van der Waals surface area contributed by atoms with Gasteiger partial charge in [0.1, 0.15) is 11.5 Å². The minimum atomic E-state index is -0.0750. The first-order chi connectivity index (χ1) is 9.63. The van der Waals surface area contributed by atoms with E-state index in [1.54, 1.807) is 19.2 Å². The van der Waals surface area contributed by atoms with Crippen LogP contribution in [0.3, 0.4) is 0 Å². The van der Waals surface area contributed by atoms with Crippen LogP contribution in [0, 0.1) is 0 Å². The summed E-state index contributed by atoms with van der Waals surface area (Å²) in [6, 6.07) is 3.48. The van der Waals surface area contributed by atoms with Gasteiger partial charge in [0.2, 0.25) is 0 Å². The van der Waals surface area contributed by atoms with E-state index in [0.29, 0.717) is 16.5 Å². The summed E-state index contributed by atoms with van der Waals surface area (Å²) >= 11 is 6.12. The zero-order valence-corrected chi connectivity index (χ0v) is 13.3. The zero-order valence-electron chi connectivity index (χ0n) is 12.6. The fraction of sp³-hybridized carbons (Fsp3) is 0.600. The molecule has 0 aromatic carbocycles. The Bertz CT molecular complexity index is 429. The normalized spacial score (nSPS) is 10.4. The lowest BCUT2D eigenvalue weighted by Crippen LogP contribution is -2.33. The Labute approximate surface area is 126 Å². The minimum absolute atomic E-state index is 0.0750. The molecular weight excluding hydrogens is 274 g/mol. The van der Waals surface area contributed by atoms with Crippen LogP contribution in [0.15, 0.2) is 12.1 Å². The Morgan fingerprint density at radius 1 is 1.25 bits per heavy atom. The molecule has 1 N–H and O–H groups in total. The van der Waals surface area contributed by atoms with Crippen LogP contribution in [0.1, 0.15) is 50.0 Å². The highest BCUT2D eigenvalue weighted by Gasteiger charge is 2.19. The molecular formula is C15H24ClN3O. The van der Waals surface area contributed by atoms with Crippen molar-refractivity contribution >= 4 is 23.3 Å². The molecule has 20 heavy (non-hydrogen) atoms. The van der Waals surface area contributed by atoms with Gasteiger partial charge in [0.25, 0.3) is 5.91 Å². The maximum Gasteiger partial charge on any atom is 0.274 e. The lowest BCUT2D eigenvalue weighted by molar-refractivity contribution is 0.0745. The van der Waals surface area contributed by atoms with E-state index in [9.17, 15) is 4.79 Å². The van der Waals surface area contributed by atoms with Gasteiger partial charge in [0.05, 0.1) is 5.02 Å². The van der Waals surface area contributed by atoms with Crippen LogP contribution in [0.4, 0.5) is 5.82 Å². The number of halogens is 1. The number of pyridine rings is 1. The van der Waals surface area contributed by atoms with Gasteiger partial charge < -0.3 is 10.2 Å². The SMILES string of the molecule is CCCCN(CCCC)C(=O)c1nc(NC)ccc1Cl. The molecule has 0 aliphatic rings. The smallest absolute Gasteiger partial charge is 0.274 e. The van der Waals surface area contributed by atoms with E-state index in [-0.39, 0.29) is 5.91 Å². The third kappa shape index (κ3) is 4.67. The monoisotopic (exact) mass is 297 g/mol. The summed E-state index contributed by atoms with van der Waals surface area (Å²) in [7, 11) is 1.77. The molecule has 0 saturated carbocycles. The topological polar surface area (TPSA) is 45.2 Å². The van der Waals surface area contributed by atoms with Crippen molar-refractivity contribution in [3.8, 4) is 0 Å². The molecule has 0 saturated heterocycles. The fourth-order valence-electron chi connectivity index (χ4n) is 1.89. The maximum absolute atomic E-state index is 12.6. The average Bonchev–Trinajstić information content (AvgIpc) is 2.47. The minimum Gasteiger partial charge on any atom is -0.373 e. The van der Waals surface area contributed by atoms with Crippen molar-refractivity contribution < 1.29 is 4.79 Å². The third-order valence-corrected chi connectivity index (χ3v) is 3.46. The molecule has 0 unspecified atom stereocenters. The van der Waals surface area contributed by atoms with Gasteiger partial charge in [-0.3, -0.25) is 4.79 Å². The summed E-state index contributed by atoms with van der Waals surface area (Å²) in [6.07, 6.45) is 4.12. The van der Waals surface area contributed by atoms with Crippen molar-refractivity contribution in [1.82, 2.24) is 9.88 Å². The summed E-state index contributed by atoms with van der Waals surface area (Å²) in [6.45, 7) is 5.76. The number of hydrogen-bond acceptors (Lipinski definition) is 3. The number of nitrogens with one attached hydrogen (secondary N) is 1. The van der Waals surface area contributed by atoms with Gasteiger partial charge >= 0.3 is 0 Å². The molecule has 0 bridgehead atoms. The second-order valence-electron chi connectivity index (χ2n) is 4.78. The Morgan fingerprint density at radius 3 is 2.35 bits per heavy atom. The largest absolute Gasteiger partial charge is 0.373 e. The molecule has 1 heterocycles. The number of aromatic nitrogens is 1. The van der Waals surface area contributed by atoms with Crippen molar-refractivity contribution in [2.75, 3.05) is 25.5 Å². The van der Waals surface area contributed by atoms with Crippen LogP contribution in [0.25, 0.3) is 0 Å². The first-order valence-corrected chi connectivity index (χ1v) is 7.65. The van der Waals surface area contributed by atoms with E-state index in [1.165, 1.54) is 0 Å². The standard InChI is InChI=1S/C15H24ClN3O/c1-4-6-10-19(11-7-5-2)15(20)14-12(16)8-9-13(17-3)18-14/h8-9H,4-7,10-11H2,1-3H3,(H,17,18). The molecule has 1 aromatic heterocycles. The fourth-order valence-corrected chi connectivity index (χ4v) is 2.08. The molecule has 4 nitrogen and oxygen atoms in total. The van der Waals surface area contributed by atoms with E-state index in [1.807, 2.05) is 4.90 Å². The van der Waals surface area contributed by atoms with E-state index < -0.39 is 0 Å². The molecule has 1 amide bonds. The number of rotatable bonds is 8. The van der Waals surface area contributed by atoms with Crippen molar-refractivity contribution in [2.24, 2.45) is 0 Å². The summed E-state index contributed by atoms with van der Waals surface area (Å²) in [5.74, 6) is 0.581. The van der Waals surface area contributed by atoms with Gasteiger partial charge in [-0.25, -0.2) is 4.98 Å². The van der Waals surface area contributed by atoms with Gasteiger partial charge in [-0.2, -0.15) is 0 Å². The van der Waals surface area contributed by atoms with Crippen LogP contribution in [-0.2, 0) is 0 Å². The van der Waals surface area contributed by atoms with Crippen molar-refractivity contribution in [1.29, 1.82) is 0 Å². The highest BCUT2D eigenvalue weighted by atomic mass is 35.5. The summed E-state index contributed by atoms with van der Waals surface area (Å²) in [5, 5.41) is 3.34. The Balaban J connectivity index is 2.91. The molecule has 0 aliphatic carbocycles. The number of unbranched alkanes of at least 4 members (excludes halogenated alkanes) is 2. The third-order valence-electron chi connectivity index (χ3n) is 3.16. The van der Waals surface area contributed by atoms with Crippen LogP contribution in [0.5, 0.6) is 0 Å². The predicted molar refractivity (Wildman–Crippen MR) is 84.5 cm³/mol. The molecule has 5 heteroatoms. The lowest BCUT2D eigenvalue weighted by atomic mass is 10.2. The van der Waals surface area contributed by atoms with Gasteiger partial charge in [-0.05, 0) is 25.0 Å². The molecule has 0 atom stereocenters. The Morgan fingerprint density at radius 2 is 1.85 bits per heavy atom.